The minimum atomic E-state index is -0.437. The maximum atomic E-state index is 13.3. The van der Waals surface area contributed by atoms with Gasteiger partial charge < -0.3 is 10.3 Å². The van der Waals surface area contributed by atoms with Crippen molar-refractivity contribution in [2.24, 2.45) is 0 Å². The summed E-state index contributed by atoms with van der Waals surface area (Å²) < 4.78 is 13.6. The predicted octanol–water partition coefficient (Wildman–Crippen LogP) is 3.38. The van der Waals surface area contributed by atoms with E-state index in [2.05, 4.69) is 31.2 Å². The summed E-state index contributed by atoms with van der Waals surface area (Å²) in [5, 5.41) is 2.85. The van der Waals surface area contributed by atoms with Crippen molar-refractivity contribution in [2.45, 2.75) is 6.92 Å². The van der Waals surface area contributed by atoms with Gasteiger partial charge in [0, 0.05) is 5.69 Å². The number of hydrogen-bond acceptors (Lipinski definition) is 3. The Balaban J connectivity index is 2.43. The molecule has 0 bridgehead atoms. The first-order valence-corrected chi connectivity index (χ1v) is 6.12. The second-order valence-corrected chi connectivity index (χ2v) is 4.83. The van der Waals surface area contributed by atoms with Gasteiger partial charge in [0.15, 0.2) is 5.82 Å². The van der Waals surface area contributed by atoms with Gasteiger partial charge in [0.05, 0.1) is 10.8 Å². The molecule has 0 saturated carbocycles. The van der Waals surface area contributed by atoms with Crippen LogP contribution in [-0.2, 0) is 0 Å². The number of nitrogens with zero attached hydrogens (tertiary/aromatic N) is 1. The number of aryl methyl sites for hydroxylation is 1. The molecule has 7 heteroatoms. The Bertz CT molecular complexity index is 659. The van der Waals surface area contributed by atoms with Gasteiger partial charge in [0.25, 0.3) is 5.56 Å². The van der Waals surface area contributed by atoms with Crippen LogP contribution in [0.3, 0.4) is 0 Å². The van der Waals surface area contributed by atoms with E-state index in [1.54, 1.807) is 13.0 Å². The van der Waals surface area contributed by atoms with Crippen LogP contribution in [0.25, 0.3) is 0 Å². The van der Waals surface area contributed by atoms with Gasteiger partial charge in [-0.3, -0.25) is 4.79 Å². The van der Waals surface area contributed by atoms with Gasteiger partial charge in [0.2, 0.25) is 0 Å². The Kier molecular flexibility index (Phi) is 3.68. The van der Waals surface area contributed by atoms with Crippen LogP contribution in [0.4, 0.5) is 15.9 Å². The molecule has 2 aromatic rings. The van der Waals surface area contributed by atoms with E-state index in [-0.39, 0.29) is 16.7 Å². The molecule has 2 rings (SSSR count). The van der Waals surface area contributed by atoms with Crippen LogP contribution in [0, 0.1) is 12.7 Å². The molecular weight excluding hydrogens is 324 g/mol. The lowest BCUT2D eigenvalue weighted by molar-refractivity contribution is 0.620. The molecule has 0 aliphatic rings. The molecule has 0 radical (unpaired) electrons. The van der Waals surface area contributed by atoms with E-state index in [1.165, 1.54) is 12.4 Å². The number of rotatable bonds is 2. The average molecular weight is 333 g/mol. The van der Waals surface area contributed by atoms with Gasteiger partial charge >= 0.3 is 0 Å². The van der Waals surface area contributed by atoms with Crippen molar-refractivity contribution in [1.82, 2.24) is 9.97 Å². The molecule has 0 saturated heterocycles. The first kappa shape index (κ1) is 13.0. The van der Waals surface area contributed by atoms with E-state index >= 15 is 0 Å². The summed E-state index contributed by atoms with van der Waals surface area (Å²) in [7, 11) is 0. The second-order valence-electron chi connectivity index (χ2n) is 3.60. The van der Waals surface area contributed by atoms with E-state index in [0.29, 0.717) is 15.7 Å². The maximum Gasteiger partial charge on any atom is 0.271 e. The Morgan fingerprint density at radius 2 is 2.22 bits per heavy atom. The molecule has 1 aromatic heterocycles. The minimum Gasteiger partial charge on any atom is -0.339 e. The highest BCUT2D eigenvalue weighted by atomic mass is 79.9. The fourth-order valence-corrected chi connectivity index (χ4v) is 1.87. The third kappa shape index (κ3) is 2.54. The zero-order chi connectivity index (χ0) is 13.3. The first-order chi connectivity index (χ1) is 8.49. The second kappa shape index (κ2) is 5.07. The summed E-state index contributed by atoms with van der Waals surface area (Å²) in [6, 6.07) is 2.93. The summed E-state index contributed by atoms with van der Waals surface area (Å²) in [4.78, 5) is 17.6. The fourth-order valence-electron chi connectivity index (χ4n) is 1.38. The number of benzene rings is 1. The van der Waals surface area contributed by atoms with Crippen LogP contribution >= 0.6 is 27.5 Å². The SMILES string of the molecule is Cc1cc(F)c(Br)cc1Nc1nc[nH]c(=O)c1Cl. The Hall–Kier alpha value is -1.40. The minimum absolute atomic E-state index is 0.0441. The van der Waals surface area contributed by atoms with Crippen LogP contribution < -0.4 is 10.9 Å². The van der Waals surface area contributed by atoms with Crippen LogP contribution in [0.1, 0.15) is 5.56 Å². The van der Waals surface area contributed by atoms with E-state index in [9.17, 15) is 9.18 Å². The number of nitrogens with one attached hydrogen (secondary N) is 2. The number of halogens is 3. The number of H-pyrrole nitrogens is 1. The lowest BCUT2D eigenvalue weighted by atomic mass is 10.2. The normalized spacial score (nSPS) is 10.4. The van der Waals surface area contributed by atoms with Crippen molar-refractivity contribution >= 4 is 39.0 Å². The molecule has 0 aliphatic heterocycles. The monoisotopic (exact) mass is 331 g/mol. The number of aromatic amines is 1. The molecule has 2 N–H and O–H groups in total. The van der Waals surface area contributed by atoms with E-state index in [4.69, 9.17) is 11.6 Å². The van der Waals surface area contributed by atoms with Crippen molar-refractivity contribution < 1.29 is 4.39 Å². The van der Waals surface area contributed by atoms with Crippen molar-refractivity contribution in [2.75, 3.05) is 5.32 Å². The van der Waals surface area contributed by atoms with Crippen molar-refractivity contribution in [3.8, 4) is 0 Å². The van der Waals surface area contributed by atoms with Crippen molar-refractivity contribution in [3.05, 3.63) is 49.7 Å². The Morgan fingerprint density at radius 1 is 1.50 bits per heavy atom. The van der Waals surface area contributed by atoms with Gasteiger partial charge in [-0.2, -0.15) is 0 Å². The summed E-state index contributed by atoms with van der Waals surface area (Å²) in [5.41, 5.74) is 0.852. The average Bonchev–Trinajstić information content (AvgIpc) is 2.32. The highest BCUT2D eigenvalue weighted by Gasteiger charge is 2.09. The quantitative estimate of drug-likeness (QED) is 0.886. The molecular formula is C11H8BrClFN3O. The summed E-state index contributed by atoms with van der Waals surface area (Å²) >= 11 is 8.90. The molecule has 1 heterocycles. The predicted molar refractivity (Wildman–Crippen MR) is 72.0 cm³/mol. The largest absolute Gasteiger partial charge is 0.339 e. The highest BCUT2D eigenvalue weighted by molar-refractivity contribution is 9.10. The molecule has 0 atom stereocenters. The molecule has 4 nitrogen and oxygen atoms in total. The molecule has 0 amide bonds. The summed E-state index contributed by atoms with van der Waals surface area (Å²) in [6.45, 7) is 1.74. The standard InChI is InChI=1S/C11H8BrClFN3O/c1-5-2-7(14)6(12)3-8(5)17-10-9(13)11(18)16-4-15-10/h2-4H,1H3,(H2,15,16,17,18). The molecule has 18 heavy (non-hydrogen) atoms. The maximum absolute atomic E-state index is 13.3. The number of aromatic nitrogens is 2. The van der Waals surface area contributed by atoms with Gasteiger partial charge in [-0.15, -0.1) is 0 Å². The van der Waals surface area contributed by atoms with Crippen LogP contribution in [0.15, 0.2) is 27.7 Å². The number of hydrogen-bond donors (Lipinski definition) is 2. The summed E-state index contributed by atoms with van der Waals surface area (Å²) in [6.07, 6.45) is 1.24. The van der Waals surface area contributed by atoms with Crippen molar-refractivity contribution in [3.63, 3.8) is 0 Å². The Labute approximate surface area is 115 Å². The zero-order valence-electron chi connectivity index (χ0n) is 9.22. The molecule has 0 fully saturated rings. The fraction of sp³-hybridized carbons (Fsp3) is 0.0909. The smallest absolute Gasteiger partial charge is 0.271 e. The molecule has 1 aromatic carbocycles. The molecule has 0 unspecified atom stereocenters. The zero-order valence-corrected chi connectivity index (χ0v) is 11.6. The lowest BCUT2D eigenvalue weighted by Gasteiger charge is -2.10. The lowest BCUT2D eigenvalue weighted by Crippen LogP contribution is -2.10. The van der Waals surface area contributed by atoms with E-state index in [1.807, 2.05) is 0 Å². The van der Waals surface area contributed by atoms with Crippen LogP contribution in [-0.4, -0.2) is 9.97 Å². The van der Waals surface area contributed by atoms with Gasteiger partial charge in [-0.05, 0) is 40.5 Å². The molecule has 94 valence electrons. The third-order valence-corrected chi connectivity index (χ3v) is 3.28. The van der Waals surface area contributed by atoms with Gasteiger partial charge in [-0.1, -0.05) is 11.6 Å². The number of anilines is 2. The van der Waals surface area contributed by atoms with Crippen molar-refractivity contribution in [1.29, 1.82) is 0 Å². The van der Waals surface area contributed by atoms with E-state index < -0.39 is 5.56 Å². The van der Waals surface area contributed by atoms with E-state index in [0.717, 1.165) is 0 Å². The summed E-state index contributed by atoms with van der Waals surface area (Å²) in [5.74, 6) is -0.134. The van der Waals surface area contributed by atoms with Crippen LogP contribution in [0.2, 0.25) is 5.02 Å². The van der Waals surface area contributed by atoms with Gasteiger partial charge in [-0.25, -0.2) is 9.37 Å². The molecule has 0 aliphatic carbocycles. The topological polar surface area (TPSA) is 57.8 Å². The Morgan fingerprint density at radius 3 is 2.94 bits per heavy atom. The van der Waals surface area contributed by atoms with Gasteiger partial charge in [0.1, 0.15) is 10.8 Å². The highest BCUT2D eigenvalue weighted by Crippen LogP contribution is 2.27. The molecule has 0 spiro atoms. The third-order valence-electron chi connectivity index (χ3n) is 2.32. The first-order valence-electron chi connectivity index (χ1n) is 4.95. The van der Waals surface area contributed by atoms with Crippen LogP contribution in [0.5, 0.6) is 0 Å².